The van der Waals surface area contributed by atoms with Crippen molar-refractivity contribution in [1.29, 1.82) is 0 Å². The van der Waals surface area contributed by atoms with E-state index in [1.54, 1.807) is 18.2 Å². The molecule has 1 saturated heterocycles. The molecule has 0 spiro atoms. The number of carboxylic acids is 1. The molecule has 1 amide bonds. The number of carbonyl (C=O) groups is 2. The van der Waals surface area contributed by atoms with Crippen molar-refractivity contribution in [3.05, 3.63) is 51.5 Å². The van der Waals surface area contributed by atoms with E-state index >= 15 is 0 Å². The van der Waals surface area contributed by atoms with Crippen LogP contribution in [0.5, 0.6) is 17.2 Å². The number of carbonyl (C=O) groups excluding carboxylic acids is 1. The maximum atomic E-state index is 14.0. The Morgan fingerprint density at radius 2 is 1.76 bits per heavy atom. The predicted octanol–water partition coefficient (Wildman–Crippen LogP) is 5.36. The Kier molecular flexibility index (Phi) is 9.13. The summed E-state index contributed by atoms with van der Waals surface area (Å²) in [5.41, 5.74) is 7.66. The molecule has 6 rings (SSSR count). The lowest BCUT2D eigenvalue weighted by Crippen LogP contribution is -2.65. The molecule has 250 valence electrons. The SMILES string of the molecule is COc1ccc(C(N)C(=O)NC(Cc2c(C(C)(C)C)ccc(C(=O)O)c2OC)B2O[C@@H]3C[C@@H]4C[C@@H](C4(C)C)[C@]3(C)O2)c(Cl)c1OC. The average Bonchev–Trinajstić information content (AvgIpc) is 3.36. The molecule has 0 aromatic heterocycles. The minimum atomic E-state index is -1.17. The van der Waals surface area contributed by atoms with Crippen molar-refractivity contribution in [2.24, 2.45) is 23.0 Å². The van der Waals surface area contributed by atoms with E-state index in [-0.39, 0.29) is 45.4 Å². The quantitative estimate of drug-likeness (QED) is 0.289. The molecule has 1 aliphatic heterocycles. The van der Waals surface area contributed by atoms with Gasteiger partial charge in [-0.25, -0.2) is 4.79 Å². The number of halogens is 1. The van der Waals surface area contributed by atoms with Crippen molar-refractivity contribution in [2.75, 3.05) is 21.3 Å². The van der Waals surface area contributed by atoms with E-state index in [0.29, 0.717) is 28.7 Å². The fraction of sp³-hybridized carbons (Fsp3) is 0.588. The maximum Gasteiger partial charge on any atom is 0.482 e. The van der Waals surface area contributed by atoms with Gasteiger partial charge in [0.05, 0.1) is 44.0 Å². The van der Waals surface area contributed by atoms with Crippen molar-refractivity contribution in [2.45, 2.75) is 89.9 Å². The van der Waals surface area contributed by atoms with Gasteiger partial charge >= 0.3 is 13.1 Å². The molecule has 6 atom stereocenters. The number of benzene rings is 2. The minimum absolute atomic E-state index is 0.0286. The zero-order chi connectivity index (χ0) is 33.9. The molecule has 2 unspecified atom stereocenters. The van der Waals surface area contributed by atoms with Gasteiger partial charge in [-0.1, -0.05) is 58.4 Å². The number of ether oxygens (including phenoxy) is 3. The zero-order valence-electron chi connectivity index (χ0n) is 28.2. The first-order valence-corrected chi connectivity index (χ1v) is 16.1. The Morgan fingerprint density at radius 1 is 1.09 bits per heavy atom. The Labute approximate surface area is 276 Å². The van der Waals surface area contributed by atoms with Gasteiger partial charge in [0.1, 0.15) is 17.4 Å². The van der Waals surface area contributed by atoms with E-state index < -0.39 is 36.6 Å². The van der Waals surface area contributed by atoms with Crippen LogP contribution in [0.15, 0.2) is 24.3 Å². The Balaban J connectivity index is 1.55. The van der Waals surface area contributed by atoms with E-state index in [4.69, 9.17) is 40.9 Å². The molecule has 2 aromatic carbocycles. The van der Waals surface area contributed by atoms with Crippen LogP contribution >= 0.6 is 11.6 Å². The third kappa shape index (κ3) is 5.63. The normalized spacial score (nSPS) is 26.0. The topological polar surface area (TPSA) is 139 Å². The summed E-state index contributed by atoms with van der Waals surface area (Å²) in [7, 11) is 3.58. The van der Waals surface area contributed by atoms with Crippen LogP contribution < -0.4 is 25.3 Å². The van der Waals surface area contributed by atoms with Gasteiger partial charge < -0.3 is 39.7 Å². The van der Waals surface area contributed by atoms with Crippen molar-refractivity contribution in [3.8, 4) is 17.2 Å². The number of methoxy groups -OCH3 is 3. The number of carboxylic acid groups (broad SMARTS) is 1. The number of nitrogens with two attached hydrogens (primary N) is 1. The molecule has 10 nitrogen and oxygen atoms in total. The van der Waals surface area contributed by atoms with Crippen LogP contribution in [0.25, 0.3) is 0 Å². The molecule has 3 aliphatic carbocycles. The second kappa shape index (κ2) is 12.2. The second-order valence-corrected chi connectivity index (χ2v) is 14.9. The van der Waals surface area contributed by atoms with Crippen LogP contribution in [0.1, 0.15) is 87.5 Å². The van der Waals surface area contributed by atoms with Crippen molar-refractivity contribution in [1.82, 2.24) is 5.32 Å². The third-order valence-electron chi connectivity index (χ3n) is 10.7. The molecular formula is C34H46BClN2O8. The lowest BCUT2D eigenvalue weighted by molar-refractivity contribution is -0.199. The van der Waals surface area contributed by atoms with Gasteiger partial charge in [-0.2, -0.15) is 0 Å². The average molecular weight is 657 g/mol. The van der Waals surface area contributed by atoms with Crippen LogP contribution in [0.2, 0.25) is 5.02 Å². The summed E-state index contributed by atoms with van der Waals surface area (Å²) in [6, 6.07) is 5.47. The van der Waals surface area contributed by atoms with E-state index in [1.807, 2.05) is 26.8 Å². The summed E-state index contributed by atoms with van der Waals surface area (Å²) in [6.45, 7) is 12.8. The lowest BCUT2D eigenvalue weighted by Gasteiger charge is -2.64. The molecule has 0 radical (unpaired) electrons. The molecule has 2 aromatic rings. The molecule has 46 heavy (non-hydrogen) atoms. The van der Waals surface area contributed by atoms with Crippen LogP contribution in [-0.4, -0.2) is 63.1 Å². The monoisotopic (exact) mass is 656 g/mol. The number of amides is 1. The summed E-state index contributed by atoms with van der Waals surface area (Å²) in [4.78, 5) is 26.2. The van der Waals surface area contributed by atoms with E-state index in [9.17, 15) is 14.7 Å². The van der Waals surface area contributed by atoms with Gasteiger partial charge in [-0.3, -0.25) is 4.79 Å². The molecule has 4 fully saturated rings. The standard InChI is InChI=1S/C34H46BClN2O8/c1-32(2,3)21-12-10-19(31(40)41)28(43-8)20(21)16-25(35-45-24-15-17-14-23(33(17,4)5)34(24,6)46-35)38-30(39)27(37)18-11-13-22(42-7)29(44-9)26(18)36/h10-13,17,23-25,27H,14-16,37H2,1-9H3,(H,38,39)(H,40,41)/t17-,23-,24+,25?,27?,34-/m0/s1. The highest BCUT2D eigenvalue weighted by molar-refractivity contribution is 6.48. The number of aromatic carboxylic acids is 1. The zero-order valence-corrected chi connectivity index (χ0v) is 28.9. The first-order valence-electron chi connectivity index (χ1n) is 15.7. The Bertz CT molecular complexity index is 1530. The van der Waals surface area contributed by atoms with Crippen LogP contribution in [0, 0.1) is 17.3 Å². The largest absolute Gasteiger partial charge is 0.496 e. The summed E-state index contributed by atoms with van der Waals surface area (Å²) in [6.07, 6.45) is 1.96. The van der Waals surface area contributed by atoms with E-state index in [2.05, 4.69) is 26.1 Å². The van der Waals surface area contributed by atoms with Gasteiger partial charge in [0, 0.05) is 11.1 Å². The fourth-order valence-electron chi connectivity index (χ4n) is 8.00. The number of hydrogen-bond acceptors (Lipinski definition) is 8. The van der Waals surface area contributed by atoms with Gasteiger partial charge in [-0.15, -0.1) is 0 Å². The second-order valence-electron chi connectivity index (χ2n) is 14.6. The highest BCUT2D eigenvalue weighted by Crippen LogP contribution is 2.65. The molecule has 3 saturated carbocycles. The molecule has 1 heterocycles. The Hall–Kier alpha value is -2.99. The van der Waals surface area contributed by atoms with E-state index in [1.165, 1.54) is 21.3 Å². The first kappa shape index (κ1) is 34.4. The van der Waals surface area contributed by atoms with Crippen molar-refractivity contribution >= 4 is 30.6 Å². The first-order chi connectivity index (χ1) is 21.5. The molecule has 2 bridgehead atoms. The Morgan fingerprint density at radius 3 is 2.33 bits per heavy atom. The van der Waals surface area contributed by atoms with Crippen LogP contribution in [0.3, 0.4) is 0 Å². The van der Waals surface area contributed by atoms with Gasteiger partial charge in [-0.05, 0) is 66.5 Å². The summed E-state index contributed by atoms with van der Waals surface area (Å²) in [5, 5.41) is 13.3. The van der Waals surface area contributed by atoms with Crippen molar-refractivity contribution < 1.29 is 38.2 Å². The number of rotatable bonds is 10. The highest BCUT2D eigenvalue weighted by atomic mass is 35.5. The van der Waals surface area contributed by atoms with Crippen LogP contribution in [-0.2, 0) is 25.9 Å². The molecular weight excluding hydrogens is 611 g/mol. The maximum absolute atomic E-state index is 14.0. The van der Waals surface area contributed by atoms with Crippen molar-refractivity contribution in [3.63, 3.8) is 0 Å². The predicted molar refractivity (Wildman–Crippen MR) is 176 cm³/mol. The smallest absolute Gasteiger partial charge is 0.482 e. The van der Waals surface area contributed by atoms with Gasteiger partial charge in [0.25, 0.3) is 0 Å². The molecule has 4 aliphatic rings. The van der Waals surface area contributed by atoms with Crippen LogP contribution in [0.4, 0.5) is 0 Å². The number of hydrogen-bond donors (Lipinski definition) is 3. The highest BCUT2D eigenvalue weighted by Gasteiger charge is 2.68. The molecule has 4 N–H and O–H groups in total. The summed E-state index contributed by atoms with van der Waals surface area (Å²) in [5.74, 6) is -0.630. The fourth-order valence-corrected chi connectivity index (χ4v) is 8.35. The van der Waals surface area contributed by atoms with Gasteiger partial charge in [0.15, 0.2) is 11.5 Å². The third-order valence-corrected chi connectivity index (χ3v) is 11.1. The van der Waals surface area contributed by atoms with Gasteiger partial charge in [0.2, 0.25) is 5.91 Å². The summed E-state index contributed by atoms with van der Waals surface area (Å²) >= 11 is 6.64. The molecule has 12 heteroatoms. The lowest BCUT2D eigenvalue weighted by atomic mass is 9.43. The van der Waals surface area contributed by atoms with E-state index in [0.717, 1.165) is 18.4 Å². The number of nitrogens with one attached hydrogen (secondary N) is 1. The minimum Gasteiger partial charge on any atom is -0.496 e. The summed E-state index contributed by atoms with van der Waals surface area (Å²) < 4.78 is 30.0.